The summed E-state index contributed by atoms with van der Waals surface area (Å²) < 4.78 is 5.78. The molecule has 0 aromatic carbocycles. The number of thiophene rings is 1. The number of ether oxygens (including phenoxy) is 1. The first kappa shape index (κ1) is 11.2. The maximum absolute atomic E-state index is 5.83. The van der Waals surface area contributed by atoms with Crippen LogP contribution in [0.5, 0.6) is 5.88 Å². The molecule has 0 aliphatic rings. The Labute approximate surface area is 102 Å². The molecule has 0 saturated heterocycles. The third kappa shape index (κ3) is 2.84. The highest BCUT2D eigenvalue weighted by Gasteiger charge is 2.01. The Kier molecular flexibility index (Phi) is 3.58. The number of hydrogen-bond acceptors (Lipinski definition) is 5. The Balaban J connectivity index is 1.99. The van der Waals surface area contributed by atoms with Gasteiger partial charge in [0.25, 0.3) is 0 Å². The molecular weight excluding hydrogens is 246 g/mol. The predicted molar refractivity (Wildman–Crippen MR) is 65.2 cm³/mol. The van der Waals surface area contributed by atoms with E-state index in [4.69, 9.17) is 16.3 Å². The van der Waals surface area contributed by atoms with Gasteiger partial charge in [-0.15, -0.1) is 11.3 Å². The van der Waals surface area contributed by atoms with Crippen LogP contribution in [0.1, 0.15) is 4.88 Å². The van der Waals surface area contributed by atoms with Gasteiger partial charge in [-0.05, 0) is 12.1 Å². The van der Waals surface area contributed by atoms with E-state index in [2.05, 4.69) is 15.3 Å². The topological polar surface area (TPSA) is 47.0 Å². The van der Waals surface area contributed by atoms with Gasteiger partial charge in [-0.2, -0.15) is 4.98 Å². The molecule has 0 atom stereocenters. The lowest BCUT2D eigenvalue weighted by Crippen LogP contribution is -2.02. The number of halogens is 1. The highest BCUT2D eigenvalue weighted by molar-refractivity contribution is 7.16. The molecule has 2 rings (SSSR count). The van der Waals surface area contributed by atoms with Crippen LogP contribution in [-0.2, 0) is 6.54 Å². The van der Waals surface area contributed by atoms with Crippen LogP contribution in [0.2, 0.25) is 4.34 Å². The van der Waals surface area contributed by atoms with Crippen LogP contribution < -0.4 is 10.1 Å². The molecule has 0 fully saturated rings. The molecule has 0 amide bonds. The van der Waals surface area contributed by atoms with Crippen LogP contribution in [0.25, 0.3) is 0 Å². The molecule has 0 spiro atoms. The summed E-state index contributed by atoms with van der Waals surface area (Å²) in [5.74, 6) is 1.09. The maximum Gasteiger partial charge on any atom is 0.226 e. The van der Waals surface area contributed by atoms with Crippen molar-refractivity contribution in [3.8, 4) is 5.88 Å². The summed E-state index contributed by atoms with van der Waals surface area (Å²) in [7, 11) is 1.57. The zero-order chi connectivity index (χ0) is 11.4. The van der Waals surface area contributed by atoms with E-state index in [0.717, 1.165) is 9.21 Å². The molecule has 16 heavy (non-hydrogen) atoms. The summed E-state index contributed by atoms with van der Waals surface area (Å²) in [6.45, 7) is 0.657. The van der Waals surface area contributed by atoms with Gasteiger partial charge in [0.15, 0.2) is 0 Å². The van der Waals surface area contributed by atoms with Crippen molar-refractivity contribution in [1.82, 2.24) is 9.97 Å². The minimum atomic E-state index is 0.543. The number of anilines is 1. The average Bonchev–Trinajstić information content (AvgIpc) is 2.73. The zero-order valence-electron chi connectivity index (χ0n) is 8.61. The van der Waals surface area contributed by atoms with Gasteiger partial charge in [0.1, 0.15) is 0 Å². The van der Waals surface area contributed by atoms with Crippen molar-refractivity contribution in [3.63, 3.8) is 0 Å². The Morgan fingerprint density at radius 3 is 3.00 bits per heavy atom. The fourth-order valence-corrected chi connectivity index (χ4v) is 2.18. The number of nitrogens with one attached hydrogen (secondary N) is 1. The van der Waals surface area contributed by atoms with E-state index < -0.39 is 0 Å². The molecule has 2 aromatic rings. The molecule has 4 nitrogen and oxygen atoms in total. The van der Waals surface area contributed by atoms with Crippen LogP contribution in [0.15, 0.2) is 24.4 Å². The van der Waals surface area contributed by atoms with E-state index >= 15 is 0 Å². The summed E-state index contributed by atoms with van der Waals surface area (Å²) in [6.07, 6.45) is 1.65. The Morgan fingerprint density at radius 1 is 1.44 bits per heavy atom. The van der Waals surface area contributed by atoms with E-state index in [1.807, 2.05) is 12.1 Å². The molecule has 2 heterocycles. The van der Waals surface area contributed by atoms with Crippen LogP contribution in [-0.4, -0.2) is 17.1 Å². The fraction of sp³-hybridized carbons (Fsp3) is 0.200. The van der Waals surface area contributed by atoms with Crippen LogP contribution in [0, 0.1) is 0 Å². The summed E-state index contributed by atoms with van der Waals surface area (Å²) in [5.41, 5.74) is 0. The van der Waals surface area contributed by atoms with Crippen molar-refractivity contribution >= 4 is 28.9 Å². The molecule has 0 radical (unpaired) electrons. The number of rotatable bonds is 4. The monoisotopic (exact) mass is 255 g/mol. The summed E-state index contributed by atoms with van der Waals surface area (Å²) in [6, 6.07) is 5.54. The highest BCUT2D eigenvalue weighted by Crippen LogP contribution is 2.21. The molecule has 0 aliphatic heterocycles. The lowest BCUT2D eigenvalue weighted by atomic mass is 10.5. The molecule has 1 N–H and O–H groups in total. The fourth-order valence-electron chi connectivity index (χ4n) is 1.15. The van der Waals surface area contributed by atoms with E-state index in [-0.39, 0.29) is 0 Å². The van der Waals surface area contributed by atoms with Gasteiger partial charge in [0, 0.05) is 17.1 Å². The van der Waals surface area contributed by atoms with E-state index in [9.17, 15) is 0 Å². The molecular formula is C10H10ClN3OS. The summed E-state index contributed by atoms with van der Waals surface area (Å²) >= 11 is 7.36. The Bertz CT molecular complexity index is 475. The van der Waals surface area contributed by atoms with Crippen molar-refractivity contribution in [2.45, 2.75) is 6.54 Å². The smallest absolute Gasteiger partial charge is 0.226 e. The molecule has 2 aromatic heterocycles. The normalized spacial score (nSPS) is 10.1. The van der Waals surface area contributed by atoms with E-state index in [0.29, 0.717) is 18.4 Å². The zero-order valence-corrected chi connectivity index (χ0v) is 10.2. The first-order valence-corrected chi connectivity index (χ1v) is 5.82. The number of hydrogen-bond donors (Lipinski definition) is 1. The van der Waals surface area contributed by atoms with Gasteiger partial charge >= 0.3 is 0 Å². The molecule has 0 saturated carbocycles. The SMILES string of the molecule is COc1ccnc(NCc2ccc(Cl)s2)n1. The molecule has 84 valence electrons. The molecule has 0 unspecified atom stereocenters. The second-order valence-corrected chi connectivity index (χ2v) is 4.78. The third-order valence-electron chi connectivity index (χ3n) is 1.89. The van der Waals surface area contributed by atoms with Crippen molar-refractivity contribution in [1.29, 1.82) is 0 Å². The quantitative estimate of drug-likeness (QED) is 0.913. The first-order chi connectivity index (χ1) is 7.78. The van der Waals surface area contributed by atoms with Gasteiger partial charge < -0.3 is 10.1 Å². The number of aromatic nitrogens is 2. The van der Waals surface area contributed by atoms with Crippen LogP contribution >= 0.6 is 22.9 Å². The first-order valence-electron chi connectivity index (χ1n) is 4.63. The predicted octanol–water partition coefficient (Wildman–Crippen LogP) is 2.81. The van der Waals surface area contributed by atoms with Gasteiger partial charge in [0.2, 0.25) is 11.8 Å². The summed E-state index contributed by atoms with van der Waals surface area (Å²) in [4.78, 5) is 9.35. The van der Waals surface area contributed by atoms with Crippen LogP contribution in [0.3, 0.4) is 0 Å². The minimum Gasteiger partial charge on any atom is -0.481 e. The minimum absolute atomic E-state index is 0.543. The lowest BCUT2D eigenvalue weighted by molar-refractivity contribution is 0.397. The Hall–Kier alpha value is -1.33. The van der Waals surface area contributed by atoms with Gasteiger partial charge in [-0.25, -0.2) is 4.98 Å². The molecule has 6 heteroatoms. The Morgan fingerprint density at radius 2 is 2.31 bits per heavy atom. The molecule has 0 bridgehead atoms. The van der Waals surface area contributed by atoms with Crippen molar-refractivity contribution in [3.05, 3.63) is 33.6 Å². The highest BCUT2D eigenvalue weighted by atomic mass is 35.5. The van der Waals surface area contributed by atoms with Gasteiger partial charge in [-0.3, -0.25) is 0 Å². The average molecular weight is 256 g/mol. The van der Waals surface area contributed by atoms with Gasteiger partial charge in [-0.1, -0.05) is 11.6 Å². The number of nitrogens with zero attached hydrogens (tertiary/aromatic N) is 2. The van der Waals surface area contributed by atoms with Gasteiger partial charge in [0.05, 0.1) is 18.0 Å². The third-order valence-corrected chi connectivity index (χ3v) is 3.12. The maximum atomic E-state index is 5.83. The van der Waals surface area contributed by atoms with Crippen molar-refractivity contribution < 1.29 is 4.74 Å². The second kappa shape index (κ2) is 5.14. The largest absolute Gasteiger partial charge is 0.481 e. The second-order valence-electron chi connectivity index (χ2n) is 2.98. The van der Waals surface area contributed by atoms with Crippen LogP contribution in [0.4, 0.5) is 5.95 Å². The summed E-state index contributed by atoms with van der Waals surface area (Å²) in [5, 5.41) is 3.10. The van der Waals surface area contributed by atoms with E-state index in [1.165, 1.54) is 11.3 Å². The molecule has 0 aliphatic carbocycles. The van der Waals surface area contributed by atoms with E-state index in [1.54, 1.807) is 19.4 Å². The van der Waals surface area contributed by atoms with Crippen molar-refractivity contribution in [2.75, 3.05) is 12.4 Å². The standard InChI is InChI=1S/C10H10ClN3OS/c1-15-9-4-5-12-10(14-9)13-6-7-2-3-8(11)16-7/h2-5H,6H2,1H3,(H,12,13,14). The van der Waals surface area contributed by atoms with Crippen molar-refractivity contribution in [2.24, 2.45) is 0 Å². The number of methoxy groups -OCH3 is 1. The lowest BCUT2D eigenvalue weighted by Gasteiger charge is -2.03.